The van der Waals surface area contributed by atoms with E-state index >= 15 is 0 Å². The standard InChI is InChI=1S/C17H19N3/c1-12-9-16(10-13(2)14(12)3)20-8-6-17(19-20)15-5-4-7-18-11-15/h4-5,7,9-11H,6,8H2,1-3H3. The predicted molar refractivity (Wildman–Crippen MR) is 83.4 cm³/mol. The van der Waals surface area contributed by atoms with E-state index in [-0.39, 0.29) is 0 Å². The molecule has 0 radical (unpaired) electrons. The molecule has 20 heavy (non-hydrogen) atoms. The molecule has 2 heterocycles. The van der Waals surface area contributed by atoms with Crippen LogP contribution in [0.4, 0.5) is 5.69 Å². The second-order valence-electron chi connectivity index (χ2n) is 5.37. The number of hydrogen-bond donors (Lipinski definition) is 0. The zero-order valence-electron chi connectivity index (χ0n) is 12.2. The Morgan fingerprint density at radius 3 is 2.50 bits per heavy atom. The topological polar surface area (TPSA) is 28.5 Å². The van der Waals surface area contributed by atoms with Crippen LogP contribution in [-0.2, 0) is 0 Å². The average molecular weight is 265 g/mol. The summed E-state index contributed by atoms with van der Waals surface area (Å²) in [5, 5.41) is 6.85. The van der Waals surface area contributed by atoms with E-state index in [4.69, 9.17) is 5.10 Å². The molecule has 3 rings (SSSR count). The Morgan fingerprint density at radius 2 is 1.85 bits per heavy atom. The van der Waals surface area contributed by atoms with E-state index in [1.54, 1.807) is 6.20 Å². The summed E-state index contributed by atoms with van der Waals surface area (Å²) in [6.45, 7) is 7.43. The molecule has 3 heteroatoms. The van der Waals surface area contributed by atoms with Crippen LogP contribution >= 0.6 is 0 Å². The van der Waals surface area contributed by atoms with Gasteiger partial charge in [0.1, 0.15) is 0 Å². The van der Waals surface area contributed by atoms with Gasteiger partial charge in [-0.3, -0.25) is 9.99 Å². The van der Waals surface area contributed by atoms with E-state index in [1.807, 2.05) is 12.3 Å². The molecular weight excluding hydrogens is 246 g/mol. The van der Waals surface area contributed by atoms with Crippen LogP contribution in [0.15, 0.2) is 41.8 Å². The first-order valence-corrected chi connectivity index (χ1v) is 6.98. The van der Waals surface area contributed by atoms with Gasteiger partial charge in [-0.2, -0.15) is 5.10 Å². The molecule has 1 aromatic heterocycles. The second-order valence-corrected chi connectivity index (χ2v) is 5.37. The Labute approximate surface area is 120 Å². The van der Waals surface area contributed by atoms with Gasteiger partial charge in [0.2, 0.25) is 0 Å². The lowest BCUT2D eigenvalue weighted by Gasteiger charge is -2.16. The molecule has 102 valence electrons. The first kappa shape index (κ1) is 12.9. The van der Waals surface area contributed by atoms with Crippen LogP contribution in [0.2, 0.25) is 0 Å². The number of hydrogen-bond acceptors (Lipinski definition) is 3. The highest BCUT2D eigenvalue weighted by Crippen LogP contribution is 2.26. The van der Waals surface area contributed by atoms with Crippen molar-refractivity contribution in [3.63, 3.8) is 0 Å². The second kappa shape index (κ2) is 5.08. The van der Waals surface area contributed by atoms with Gasteiger partial charge in [-0.1, -0.05) is 6.07 Å². The fourth-order valence-corrected chi connectivity index (χ4v) is 2.54. The lowest BCUT2D eigenvalue weighted by Crippen LogP contribution is -2.12. The molecule has 1 aliphatic rings. The van der Waals surface area contributed by atoms with Crippen molar-refractivity contribution in [1.82, 2.24) is 4.98 Å². The van der Waals surface area contributed by atoms with Crippen molar-refractivity contribution in [1.29, 1.82) is 0 Å². The normalized spacial score (nSPS) is 14.6. The number of nitrogens with zero attached hydrogens (tertiary/aromatic N) is 3. The average Bonchev–Trinajstić information content (AvgIpc) is 2.95. The van der Waals surface area contributed by atoms with Gasteiger partial charge in [-0.05, 0) is 55.7 Å². The van der Waals surface area contributed by atoms with Crippen LogP contribution in [-0.4, -0.2) is 17.2 Å². The van der Waals surface area contributed by atoms with Crippen LogP contribution in [0.25, 0.3) is 0 Å². The summed E-state index contributed by atoms with van der Waals surface area (Å²) >= 11 is 0. The number of aryl methyl sites for hydroxylation is 2. The molecule has 0 aliphatic carbocycles. The third-order valence-corrected chi connectivity index (χ3v) is 4.01. The molecule has 0 atom stereocenters. The Bertz CT molecular complexity index is 636. The van der Waals surface area contributed by atoms with Crippen LogP contribution in [0.1, 0.15) is 28.7 Å². The van der Waals surface area contributed by atoms with Crippen molar-refractivity contribution in [3.05, 3.63) is 58.9 Å². The molecule has 1 aliphatic heterocycles. The van der Waals surface area contributed by atoms with E-state index < -0.39 is 0 Å². The van der Waals surface area contributed by atoms with E-state index in [1.165, 1.54) is 22.4 Å². The van der Waals surface area contributed by atoms with Gasteiger partial charge in [0.05, 0.1) is 11.4 Å². The smallest absolute Gasteiger partial charge is 0.0715 e. The summed E-state index contributed by atoms with van der Waals surface area (Å²) < 4.78 is 0. The molecular formula is C17H19N3. The van der Waals surface area contributed by atoms with Gasteiger partial charge in [0.25, 0.3) is 0 Å². The number of benzene rings is 1. The summed E-state index contributed by atoms with van der Waals surface area (Å²) in [5.41, 5.74) is 7.44. The molecule has 3 nitrogen and oxygen atoms in total. The highest BCUT2D eigenvalue weighted by molar-refractivity contribution is 6.02. The zero-order chi connectivity index (χ0) is 14.1. The van der Waals surface area contributed by atoms with Crippen molar-refractivity contribution >= 4 is 11.4 Å². The Hall–Kier alpha value is -2.16. The molecule has 0 unspecified atom stereocenters. The number of pyridine rings is 1. The number of hydrazone groups is 1. The molecule has 0 amide bonds. The van der Waals surface area contributed by atoms with Gasteiger partial charge in [-0.25, -0.2) is 0 Å². The first-order chi connectivity index (χ1) is 9.65. The maximum atomic E-state index is 4.75. The third kappa shape index (κ3) is 2.31. The Balaban J connectivity index is 1.92. The highest BCUT2D eigenvalue weighted by Gasteiger charge is 2.18. The van der Waals surface area contributed by atoms with Crippen molar-refractivity contribution in [2.75, 3.05) is 11.6 Å². The monoisotopic (exact) mass is 265 g/mol. The van der Waals surface area contributed by atoms with E-state index in [2.05, 4.69) is 49.0 Å². The zero-order valence-corrected chi connectivity index (χ0v) is 12.2. The minimum absolute atomic E-state index is 0.937. The molecule has 2 aromatic rings. The Kier molecular flexibility index (Phi) is 3.26. The van der Waals surface area contributed by atoms with E-state index in [9.17, 15) is 0 Å². The molecule has 1 aromatic carbocycles. The quantitative estimate of drug-likeness (QED) is 0.829. The molecule has 0 saturated carbocycles. The van der Waals surface area contributed by atoms with Crippen molar-refractivity contribution < 1.29 is 0 Å². The van der Waals surface area contributed by atoms with E-state index in [0.717, 1.165) is 24.2 Å². The summed E-state index contributed by atoms with van der Waals surface area (Å²) in [4.78, 5) is 4.17. The van der Waals surface area contributed by atoms with Gasteiger partial charge < -0.3 is 0 Å². The molecule has 0 fully saturated rings. The largest absolute Gasteiger partial charge is 0.265 e. The van der Waals surface area contributed by atoms with Crippen LogP contribution < -0.4 is 5.01 Å². The van der Waals surface area contributed by atoms with E-state index in [0.29, 0.717) is 0 Å². The van der Waals surface area contributed by atoms with Gasteiger partial charge in [0, 0.05) is 30.9 Å². The van der Waals surface area contributed by atoms with Crippen LogP contribution in [0, 0.1) is 20.8 Å². The fraction of sp³-hybridized carbons (Fsp3) is 0.294. The summed E-state index contributed by atoms with van der Waals surface area (Å²) in [6.07, 6.45) is 4.65. The highest BCUT2D eigenvalue weighted by atomic mass is 15.5. The molecule has 0 saturated heterocycles. The van der Waals surface area contributed by atoms with Gasteiger partial charge in [-0.15, -0.1) is 0 Å². The van der Waals surface area contributed by atoms with Crippen molar-refractivity contribution in [2.45, 2.75) is 27.2 Å². The number of rotatable bonds is 2. The van der Waals surface area contributed by atoms with Gasteiger partial charge in [0.15, 0.2) is 0 Å². The minimum Gasteiger partial charge on any atom is -0.265 e. The van der Waals surface area contributed by atoms with Crippen molar-refractivity contribution in [3.8, 4) is 0 Å². The first-order valence-electron chi connectivity index (χ1n) is 6.98. The molecule has 0 spiro atoms. The maximum Gasteiger partial charge on any atom is 0.0715 e. The molecule has 0 bridgehead atoms. The Morgan fingerprint density at radius 1 is 1.10 bits per heavy atom. The maximum absolute atomic E-state index is 4.75. The van der Waals surface area contributed by atoms with Crippen molar-refractivity contribution in [2.24, 2.45) is 5.10 Å². The SMILES string of the molecule is Cc1cc(N2CCC(c3cccnc3)=N2)cc(C)c1C. The lowest BCUT2D eigenvalue weighted by molar-refractivity contribution is 0.918. The summed E-state index contributed by atoms with van der Waals surface area (Å²) in [5.74, 6) is 0. The molecule has 0 N–H and O–H groups in total. The lowest BCUT2D eigenvalue weighted by atomic mass is 10.0. The third-order valence-electron chi connectivity index (χ3n) is 4.01. The number of anilines is 1. The fourth-order valence-electron chi connectivity index (χ4n) is 2.54. The van der Waals surface area contributed by atoms with Crippen LogP contribution in [0.5, 0.6) is 0 Å². The number of aromatic nitrogens is 1. The summed E-state index contributed by atoms with van der Waals surface area (Å²) in [6, 6.07) is 8.47. The summed E-state index contributed by atoms with van der Waals surface area (Å²) in [7, 11) is 0. The minimum atomic E-state index is 0.937. The van der Waals surface area contributed by atoms with Crippen LogP contribution in [0.3, 0.4) is 0 Å². The predicted octanol–water partition coefficient (Wildman–Crippen LogP) is 3.62. The van der Waals surface area contributed by atoms with Gasteiger partial charge >= 0.3 is 0 Å².